The quantitative estimate of drug-likeness (QED) is 0.409. The van der Waals surface area contributed by atoms with Gasteiger partial charge in [-0.1, -0.05) is 0 Å². The van der Waals surface area contributed by atoms with Gasteiger partial charge in [-0.05, 0) is 42.3 Å². The van der Waals surface area contributed by atoms with Gasteiger partial charge in [-0.2, -0.15) is 0 Å². The molecule has 0 saturated carbocycles. The van der Waals surface area contributed by atoms with Gasteiger partial charge in [0.05, 0.1) is 45.4 Å². The molecular weight excluding hydrogens is 468 g/mol. The minimum atomic E-state index is -0.527. The zero-order valence-electron chi connectivity index (χ0n) is 21.0. The Kier molecular flexibility index (Phi) is 8.16. The molecule has 4 rings (SSSR count). The second-order valence-corrected chi connectivity index (χ2v) is 8.57. The van der Waals surface area contributed by atoms with E-state index in [1.54, 1.807) is 39.0 Å². The number of tetrazole rings is 1. The van der Waals surface area contributed by atoms with Crippen LogP contribution in [0.3, 0.4) is 0 Å². The second kappa shape index (κ2) is 11.5. The number of ether oxygens (including phenoxy) is 4. The number of esters is 1. The molecule has 2 aromatic heterocycles. The first-order valence-corrected chi connectivity index (χ1v) is 11.9. The first kappa shape index (κ1) is 25.6. The van der Waals surface area contributed by atoms with Crippen LogP contribution in [0.25, 0.3) is 10.9 Å². The summed E-state index contributed by atoms with van der Waals surface area (Å²) in [5.74, 6) is 1.27. The number of carbonyl (C=O) groups is 1. The Morgan fingerprint density at radius 1 is 1.14 bits per heavy atom. The monoisotopic (exact) mass is 500 g/mol. The van der Waals surface area contributed by atoms with Crippen LogP contribution in [-0.2, 0) is 20.8 Å². The first-order valence-electron chi connectivity index (χ1n) is 11.9. The van der Waals surface area contributed by atoms with E-state index in [1.165, 1.54) is 0 Å². The number of benzene rings is 1. The highest BCUT2D eigenvalue weighted by Crippen LogP contribution is 2.34. The molecule has 12 nitrogen and oxygen atoms in total. The molecule has 3 heterocycles. The molecule has 1 atom stereocenters. The number of pyridine rings is 1. The number of aromatic amines is 1. The molecule has 194 valence electrons. The lowest BCUT2D eigenvalue weighted by molar-refractivity contribution is -0.149. The van der Waals surface area contributed by atoms with Crippen LogP contribution < -0.4 is 15.0 Å². The van der Waals surface area contributed by atoms with Gasteiger partial charge in [0.2, 0.25) is 0 Å². The third-order valence-corrected chi connectivity index (χ3v) is 6.50. The average Bonchev–Trinajstić information content (AvgIpc) is 3.35. The number of hydrogen-bond donors (Lipinski definition) is 1. The highest BCUT2D eigenvalue weighted by Gasteiger charge is 2.35. The standard InChI is InChI=1S/C24H32N6O6/c1-5-36-24(32)15-6-8-29(9-7-15)21(22-26-27-28-30(22)10-11-33-2)17-12-16-13-19(34-3)20(35-4)14-18(16)25-23(17)31/h12-15,21H,5-11H2,1-4H3,(H,25,31)/t21-/m1/s1. The molecule has 0 unspecified atom stereocenters. The van der Waals surface area contributed by atoms with Crippen LogP contribution in [0.5, 0.6) is 11.5 Å². The van der Waals surface area contributed by atoms with Crippen molar-refractivity contribution < 1.29 is 23.7 Å². The summed E-state index contributed by atoms with van der Waals surface area (Å²) in [5, 5.41) is 13.1. The van der Waals surface area contributed by atoms with Gasteiger partial charge in [0.1, 0.15) is 6.04 Å². The second-order valence-electron chi connectivity index (χ2n) is 8.57. The third kappa shape index (κ3) is 5.19. The van der Waals surface area contributed by atoms with E-state index in [0.29, 0.717) is 74.1 Å². The van der Waals surface area contributed by atoms with Crippen molar-refractivity contribution in [3.63, 3.8) is 0 Å². The molecular formula is C24H32N6O6. The number of methoxy groups -OCH3 is 3. The molecule has 1 fully saturated rings. The Balaban J connectivity index is 1.76. The molecule has 0 bridgehead atoms. The normalized spacial score (nSPS) is 15.7. The van der Waals surface area contributed by atoms with Crippen LogP contribution in [0.4, 0.5) is 0 Å². The third-order valence-electron chi connectivity index (χ3n) is 6.50. The van der Waals surface area contributed by atoms with Crippen LogP contribution in [0.2, 0.25) is 0 Å². The molecule has 1 aliphatic heterocycles. The van der Waals surface area contributed by atoms with Gasteiger partial charge in [0.15, 0.2) is 17.3 Å². The van der Waals surface area contributed by atoms with Crippen molar-refractivity contribution in [1.82, 2.24) is 30.1 Å². The van der Waals surface area contributed by atoms with Crippen molar-refractivity contribution in [2.24, 2.45) is 5.92 Å². The Labute approximate surface area is 208 Å². The Bertz CT molecular complexity index is 1250. The zero-order chi connectivity index (χ0) is 25.7. The number of fused-ring (bicyclic) bond motifs is 1. The molecule has 12 heteroatoms. The van der Waals surface area contributed by atoms with Crippen molar-refractivity contribution in [3.05, 3.63) is 39.9 Å². The van der Waals surface area contributed by atoms with E-state index < -0.39 is 6.04 Å². The zero-order valence-corrected chi connectivity index (χ0v) is 21.0. The summed E-state index contributed by atoms with van der Waals surface area (Å²) < 4.78 is 22.9. The molecule has 0 amide bonds. The largest absolute Gasteiger partial charge is 0.493 e. The lowest BCUT2D eigenvalue weighted by Gasteiger charge is -2.36. The summed E-state index contributed by atoms with van der Waals surface area (Å²) in [6.45, 7) is 4.17. The van der Waals surface area contributed by atoms with E-state index in [-0.39, 0.29) is 17.4 Å². The smallest absolute Gasteiger partial charge is 0.309 e. The predicted octanol–water partition coefficient (Wildman–Crippen LogP) is 1.54. The number of hydrogen-bond acceptors (Lipinski definition) is 10. The average molecular weight is 501 g/mol. The van der Waals surface area contributed by atoms with Crippen molar-refractivity contribution >= 4 is 16.9 Å². The molecule has 36 heavy (non-hydrogen) atoms. The van der Waals surface area contributed by atoms with Gasteiger partial charge in [0, 0.05) is 37.2 Å². The fraction of sp³-hybridized carbons (Fsp3) is 0.542. The van der Waals surface area contributed by atoms with Crippen LogP contribution in [-0.4, -0.2) is 83.7 Å². The number of nitrogens with one attached hydrogen (secondary N) is 1. The maximum absolute atomic E-state index is 13.4. The van der Waals surface area contributed by atoms with E-state index in [4.69, 9.17) is 18.9 Å². The number of H-pyrrole nitrogens is 1. The summed E-state index contributed by atoms with van der Waals surface area (Å²) in [7, 11) is 4.72. The lowest BCUT2D eigenvalue weighted by Crippen LogP contribution is -2.42. The van der Waals surface area contributed by atoms with Gasteiger partial charge < -0.3 is 23.9 Å². The molecule has 1 aliphatic rings. The number of piperidine rings is 1. The van der Waals surface area contributed by atoms with Gasteiger partial charge in [-0.3, -0.25) is 14.5 Å². The summed E-state index contributed by atoms with van der Waals surface area (Å²) in [6, 6.07) is 4.88. The number of rotatable bonds is 10. The number of aromatic nitrogens is 5. The number of nitrogens with zero attached hydrogens (tertiary/aromatic N) is 5. The van der Waals surface area contributed by atoms with Gasteiger partial charge >= 0.3 is 5.97 Å². The van der Waals surface area contributed by atoms with E-state index in [0.717, 1.165) is 5.39 Å². The van der Waals surface area contributed by atoms with E-state index >= 15 is 0 Å². The highest BCUT2D eigenvalue weighted by molar-refractivity contribution is 5.83. The van der Waals surface area contributed by atoms with Crippen LogP contribution in [0.1, 0.15) is 37.2 Å². The summed E-state index contributed by atoms with van der Waals surface area (Å²) in [6.07, 6.45) is 1.23. The minimum Gasteiger partial charge on any atom is -0.493 e. The molecule has 3 aromatic rings. The fourth-order valence-electron chi connectivity index (χ4n) is 4.65. The predicted molar refractivity (Wildman–Crippen MR) is 130 cm³/mol. The SMILES string of the molecule is CCOC(=O)C1CCN([C@H](c2cc3cc(OC)c(OC)cc3[nH]c2=O)c2nnnn2CCOC)CC1. The molecule has 1 aromatic carbocycles. The molecule has 0 spiro atoms. The number of carbonyl (C=O) groups excluding carboxylic acids is 1. The van der Waals surface area contributed by atoms with Gasteiger partial charge in [-0.15, -0.1) is 5.10 Å². The topological polar surface area (TPSA) is 134 Å². The van der Waals surface area contributed by atoms with Crippen molar-refractivity contribution in [1.29, 1.82) is 0 Å². The van der Waals surface area contributed by atoms with Crippen LogP contribution in [0, 0.1) is 5.92 Å². The highest BCUT2D eigenvalue weighted by atomic mass is 16.5. The Morgan fingerprint density at radius 3 is 2.53 bits per heavy atom. The number of likely N-dealkylation sites (tertiary alicyclic amines) is 1. The molecule has 0 radical (unpaired) electrons. The minimum absolute atomic E-state index is 0.169. The van der Waals surface area contributed by atoms with Gasteiger partial charge in [0.25, 0.3) is 5.56 Å². The summed E-state index contributed by atoms with van der Waals surface area (Å²) >= 11 is 0. The maximum Gasteiger partial charge on any atom is 0.309 e. The van der Waals surface area contributed by atoms with E-state index in [1.807, 2.05) is 12.1 Å². The van der Waals surface area contributed by atoms with Crippen LogP contribution >= 0.6 is 0 Å². The molecule has 1 N–H and O–H groups in total. The van der Waals surface area contributed by atoms with Crippen LogP contribution in [0.15, 0.2) is 23.0 Å². The van der Waals surface area contributed by atoms with Crippen molar-refractivity contribution in [2.45, 2.75) is 32.4 Å². The molecule has 0 aliphatic carbocycles. The van der Waals surface area contributed by atoms with Gasteiger partial charge in [-0.25, -0.2) is 4.68 Å². The maximum atomic E-state index is 13.4. The fourth-order valence-corrected chi connectivity index (χ4v) is 4.65. The van der Waals surface area contributed by atoms with E-state index in [2.05, 4.69) is 25.4 Å². The Morgan fingerprint density at radius 2 is 1.86 bits per heavy atom. The van der Waals surface area contributed by atoms with E-state index in [9.17, 15) is 9.59 Å². The van der Waals surface area contributed by atoms with Crippen molar-refractivity contribution in [3.8, 4) is 11.5 Å². The van der Waals surface area contributed by atoms with Crippen molar-refractivity contribution in [2.75, 3.05) is 47.6 Å². The lowest BCUT2D eigenvalue weighted by atomic mass is 9.94. The Hall–Kier alpha value is -3.51. The molecule has 1 saturated heterocycles. The summed E-state index contributed by atoms with van der Waals surface area (Å²) in [4.78, 5) is 30.8. The summed E-state index contributed by atoms with van der Waals surface area (Å²) in [5.41, 5.74) is 0.867. The first-order chi connectivity index (χ1) is 17.5.